The van der Waals surface area contributed by atoms with Crippen LogP contribution in [0, 0.1) is 0 Å². The van der Waals surface area contributed by atoms with Crippen LogP contribution >= 0.6 is 0 Å². The van der Waals surface area contributed by atoms with E-state index in [0.29, 0.717) is 30.2 Å². The number of imidazole rings is 1. The Kier molecular flexibility index (Phi) is 6.05. The van der Waals surface area contributed by atoms with Gasteiger partial charge in [0.25, 0.3) is 0 Å². The highest BCUT2D eigenvalue weighted by atomic mass is 32.2. The zero-order chi connectivity index (χ0) is 20.1. The summed E-state index contributed by atoms with van der Waals surface area (Å²) in [6.07, 6.45) is 4.16. The highest BCUT2D eigenvalue weighted by Gasteiger charge is 2.20. The smallest absolute Gasteiger partial charge is 0.244 e. The van der Waals surface area contributed by atoms with E-state index in [4.69, 9.17) is 14.2 Å². The van der Waals surface area contributed by atoms with Crippen LogP contribution in [0.25, 0.3) is 5.65 Å². The van der Waals surface area contributed by atoms with Crippen LogP contribution in [0.15, 0.2) is 47.6 Å². The molecule has 1 aromatic carbocycles. The molecule has 28 heavy (non-hydrogen) atoms. The minimum absolute atomic E-state index is 0.0305. The van der Waals surface area contributed by atoms with Crippen LogP contribution in [0.1, 0.15) is 12.6 Å². The van der Waals surface area contributed by atoms with Crippen LogP contribution < -0.4 is 18.9 Å². The molecule has 1 N–H and O–H groups in total. The minimum atomic E-state index is -3.77. The number of rotatable bonds is 9. The molecule has 0 aliphatic rings. The molecule has 3 aromatic rings. The molecule has 0 amide bonds. The quantitative estimate of drug-likeness (QED) is 0.587. The molecule has 2 heterocycles. The van der Waals surface area contributed by atoms with E-state index in [1.165, 1.54) is 20.3 Å². The van der Waals surface area contributed by atoms with Gasteiger partial charge in [-0.1, -0.05) is 0 Å². The first-order chi connectivity index (χ1) is 13.5. The number of sulfonamides is 1. The first kappa shape index (κ1) is 20.0. The summed E-state index contributed by atoms with van der Waals surface area (Å²) in [4.78, 5) is 4.57. The van der Waals surface area contributed by atoms with Crippen molar-refractivity contribution in [1.29, 1.82) is 0 Å². The van der Waals surface area contributed by atoms with Gasteiger partial charge in [0.1, 0.15) is 16.4 Å². The van der Waals surface area contributed by atoms with E-state index in [9.17, 15) is 8.42 Å². The summed E-state index contributed by atoms with van der Waals surface area (Å²) in [6.45, 7) is 2.65. The Labute approximate surface area is 164 Å². The Balaban J connectivity index is 1.74. The van der Waals surface area contributed by atoms with Crippen molar-refractivity contribution < 1.29 is 22.6 Å². The molecule has 3 rings (SSSR count). The highest BCUT2D eigenvalue weighted by molar-refractivity contribution is 7.89. The van der Waals surface area contributed by atoms with Gasteiger partial charge in [-0.2, -0.15) is 0 Å². The standard InChI is InChI=1S/C19H23N3O5S/c1-4-27-17-6-5-11-22-13-14(21-19(17)22)9-10-20-28(23,24)18-12-15(25-2)7-8-16(18)26-3/h5-8,11-13,20H,4,9-10H2,1-3H3. The van der Waals surface area contributed by atoms with Crippen LogP contribution in [0.2, 0.25) is 0 Å². The number of nitrogens with zero attached hydrogens (tertiary/aromatic N) is 2. The van der Waals surface area contributed by atoms with Gasteiger partial charge < -0.3 is 18.6 Å². The van der Waals surface area contributed by atoms with E-state index in [1.54, 1.807) is 12.1 Å². The molecule has 9 heteroatoms. The maximum absolute atomic E-state index is 12.7. The van der Waals surface area contributed by atoms with Gasteiger partial charge in [-0.15, -0.1) is 0 Å². The van der Waals surface area contributed by atoms with Gasteiger partial charge in [-0.3, -0.25) is 0 Å². The van der Waals surface area contributed by atoms with Gasteiger partial charge in [-0.05, 0) is 31.2 Å². The summed E-state index contributed by atoms with van der Waals surface area (Å²) in [7, 11) is -0.865. The predicted molar refractivity (Wildman–Crippen MR) is 105 cm³/mol. The minimum Gasteiger partial charge on any atom is -0.497 e. The van der Waals surface area contributed by atoms with Crippen molar-refractivity contribution in [2.75, 3.05) is 27.4 Å². The molecule has 0 radical (unpaired) electrons. The van der Waals surface area contributed by atoms with Gasteiger partial charge in [0.2, 0.25) is 10.0 Å². The average molecular weight is 405 g/mol. The lowest BCUT2D eigenvalue weighted by atomic mass is 10.3. The van der Waals surface area contributed by atoms with Crippen LogP contribution in [-0.4, -0.2) is 45.2 Å². The molecule has 0 aliphatic heterocycles. The molecular formula is C19H23N3O5S. The fraction of sp³-hybridized carbons (Fsp3) is 0.316. The molecule has 0 spiro atoms. The van der Waals surface area contributed by atoms with Gasteiger partial charge in [0.05, 0.1) is 26.5 Å². The maximum atomic E-state index is 12.7. The third-order valence-corrected chi connectivity index (χ3v) is 5.61. The summed E-state index contributed by atoms with van der Waals surface area (Å²) in [5.41, 5.74) is 1.46. The lowest BCUT2D eigenvalue weighted by molar-refractivity contribution is 0.342. The van der Waals surface area contributed by atoms with Crippen molar-refractivity contribution in [2.45, 2.75) is 18.2 Å². The van der Waals surface area contributed by atoms with Crippen LogP contribution in [0.5, 0.6) is 17.2 Å². The fourth-order valence-corrected chi connectivity index (χ4v) is 4.03. The number of hydrogen-bond acceptors (Lipinski definition) is 6. The van der Waals surface area contributed by atoms with Crippen molar-refractivity contribution >= 4 is 15.7 Å². The molecule has 0 aliphatic carbocycles. The fourth-order valence-electron chi connectivity index (χ4n) is 2.81. The van der Waals surface area contributed by atoms with Crippen molar-refractivity contribution in [2.24, 2.45) is 0 Å². The molecule has 0 atom stereocenters. The number of hydrogen-bond donors (Lipinski definition) is 1. The van der Waals surface area contributed by atoms with E-state index in [2.05, 4.69) is 9.71 Å². The molecule has 0 saturated heterocycles. The second-order valence-electron chi connectivity index (χ2n) is 5.93. The van der Waals surface area contributed by atoms with Crippen molar-refractivity contribution in [3.05, 3.63) is 48.4 Å². The first-order valence-electron chi connectivity index (χ1n) is 8.79. The van der Waals surface area contributed by atoms with E-state index in [1.807, 2.05) is 35.9 Å². The third kappa shape index (κ3) is 4.20. The summed E-state index contributed by atoms with van der Waals surface area (Å²) >= 11 is 0. The topological polar surface area (TPSA) is 91.2 Å². The van der Waals surface area contributed by atoms with E-state index in [-0.39, 0.29) is 17.2 Å². The molecule has 0 unspecified atom stereocenters. The van der Waals surface area contributed by atoms with Crippen LogP contribution in [0.3, 0.4) is 0 Å². The Bertz CT molecular complexity index is 1060. The SMILES string of the molecule is CCOc1cccn2cc(CCNS(=O)(=O)c3cc(OC)ccc3OC)nc12. The average Bonchev–Trinajstić information content (AvgIpc) is 3.11. The molecule has 8 nitrogen and oxygen atoms in total. The predicted octanol–water partition coefficient (Wildman–Crippen LogP) is 2.27. The zero-order valence-corrected chi connectivity index (χ0v) is 16.8. The summed E-state index contributed by atoms with van der Waals surface area (Å²) in [5.74, 6) is 1.38. The zero-order valence-electron chi connectivity index (χ0n) is 16.0. The summed E-state index contributed by atoms with van der Waals surface area (Å²) in [6, 6.07) is 8.37. The van der Waals surface area contributed by atoms with Crippen LogP contribution in [-0.2, 0) is 16.4 Å². The van der Waals surface area contributed by atoms with Crippen molar-refractivity contribution in [3.8, 4) is 17.2 Å². The van der Waals surface area contributed by atoms with Crippen molar-refractivity contribution in [1.82, 2.24) is 14.1 Å². The lowest BCUT2D eigenvalue weighted by Gasteiger charge is -2.11. The largest absolute Gasteiger partial charge is 0.497 e. The lowest BCUT2D eigenvalue weighted by Crippen LogP contribution is -2.26. The second kappa shape index (κ2) is 8.49. The molecule has 150 valence electrons. The number of ether oxygens (including phenoxy) is 3. The summed E-state index contributed by atoms with van der Waals surface area (Å²) < 4.78 is 45.7. The van der Waals surface area contributed by atoms with Gasteiger partial charge >= 0.3 is 0 Å². The van der Waals surface area contributed by atoms with Gasteiger partial charge in [0, 0.05) is 31.4 Å². The van der Waals surface area contributed by atoms with Crippen LogP contribution in [0.4, 0.5) is 0 Å². The maximum Gasteiger partial charge on any atom is 0.244 e. The number of aromatic nitrogens is 2. The Morgan fingerprint density at radius 3 is 2.68 bits per heavy atom. The molecule has 0 bridgehead atoms. The Hall–Kier alpha value is -2.78. The molecule has 2 aromatic heterocycles. The van der Waals surface area contributed by atoms with Crippen molar-refractivity contribution in [3.63, 3.8) is 0 Å². The second-order valence-corrected chi connectivity index (χ2v) is 7.67. The normalized spacial score (nSPS) is 11.5. The van der Waals surface area contributed by atoms with E-state index < -0.39 is 10.0 Å². The number of benzene rings is 1. The van der Waals surface area contributed by atoms with E-state index in [0.717, 1.165) is 5.69 Å². The molecule has 0 saturated carbocycles. The number of fused-ring (bicyclic) bond motifs is 1. The Morgan fingerprint density at radius 2 is 1.96 bits per heavy atom. The first-order valence-corrected chi connectivity index (χ1v) is 10.3. The number of pyridine rings is 1. The Morgan fingerprint density at radius 1 is 1.14 bits per heavy atom. The van der Waals surface area contributed by atoms with Gasteiger partial charge in [-0.25, -0.2) is 18.1 Å². The number of methoxy groups -OCH3 is 2. The number of nitrogens with one attached hydrogen (secondary N) is 1. The third-order valence-electron chi connectivity index (χ3n) is 4.13. The summed E-state index contributed by atoms with van der Waals surface area (Å²) in [5, 5.41) is 0. The van der Waals surface area contributed by atoms with Gasteiger partial charge in [0.15, 0.2) is 11.4 Å². The molecular weight excluding hydrogens is 382 g/mol. The molecule has 0 fully saturated rings. The van der Waals surface area contributed by atoms with E-state index >= 15 is 0 Å². The highest BCUT2D eigenvalue weighted by Crippen LogP contribution is 2.28. The monoisotopic (exact) mass is 405 g/mol.